The number of fused-ring (bicyclic) bond motifs is 8. The Morgan fingerprint density at radius 2 is 0.958 bits per heavy atom. The van der Waals surface area contributed by atoms with Crippen LogP contribution in [0.5, 0.6) is 0 Å². The Hall–Kier alpha value is -0.160. The molecule has 3 heterocycles. The molecule has 4 heteroatoms. The summed E-state index contributed by atoms with van der Waals surface area (Å²) in [5.74, 6) is 9.91. The van der Waals surface area contributed by atoms with E-state index in [0.717, 1.165) is 59.2 Å². The SMILES string of the molecule is C1CCC(C2CCCC(C3NC(C4CCC5C(C4)OC4C5CC(C5CCCCC5)C5CCCCC54)NC4C5CCCCC5OC34)C2)CC1. The number of hydrogen-bond donors (Lipinski definition) is 2. The molecule has 0 bridgehead atoms. The van der Waals surface area contributed by atoms with Crippen LogP contribution in [0.2, 0.25) is 0 Å². The molecule has 0 aromatic heterocycles. The van der Waals surface area contributed by atoms with Gasteiger partial charge in [-0.05, 0) is 123 Å². The third kappa shape index (κ3) is 5.91. The van der Waals surface area contributed by atoms with Gasteiger partial charge in [-0.2, -0.15) is 0 Å². The van der Waals surface area contributed by atoms with Gasteiger partial charge in [0.2, 0.25) is 0 Å². The maximum Gasteiger partial charge on any atom is 0.0891 e. The second-order valence-corrected chi connectivity index (χ2v) is 20.0. The minimum Gasteiger partial charge on any atom is -0.374 e. The van der Waals surface area contributed by atoms with Crippen molar-refractivity contribution in [2.45, 2.75) is 210 Å². The fourth-order valence-corrected chi connectivity index (χ4v) is 15.7. The standard InChI is InChI=1S/C44H72N2O2/c1-3-12-27(13-4-1)29-16-11-17-30(24-29)40-43-41(35-20-9-10-21-38(35)47-43)46-44(45-40)31-22-23-33-37-26-36(28-14-5-2-6-15-28)32-18-7-8-19-34(32)42(37)48-39(33)25-31/h27-46H,1-26H2. The fraction of sp³-hybridized carbons (Fsp3) is 1.00. The van der Waals surface area contributed by atoms with Gasteiger partial charge in [0, 0.05) is 18.0 Å². The molecule has 10 fully saturated rings. The van der Waals surface area contributed by atoms with Crippen molar-refractivity contribution in [2.75, 3.05) is 0 Å². The highest BCUT2D eigenvalue weighted by Crippen LogP contribution is 2.59. The van der Waals surface area contributed by atoms with E-state index in [1.807, 2.05) is 0 Å². The monoisotopic (exact) mass is 661 g/mol. The van der Waals surface area contributed by atoms with E-state index in [-0.39, 0.29) is 0 Å². The summed E-state index contributed by atoms with van der Waals surface area (Å²) < 4.78 is 14.6. The Morgan fingerprint density at radius 1 is 0.312 bits per heavy atom. The first kappa shape index (κ1) is 32.5. The summed E-state index contributed by atoms with van der Waals surface area (Å²) in [7, 11) is 0. The predicted octanol–water partition coefficient (Wildman–Crippen LogP) is 9.79. The van der Waals surface area contributed by atoms with Gasteiger partial charge in [-0.1, -0.05) is 103 Å². The predicted molar refractivity (Wildman–Crippen MR) is 193 cm³/mol. The van der Waals surface area contributed by atoms with E-state index in [1.54, 1.807) is 12.8 Å². The molecule has 0 aromatic carbocycles. The average molecular weight is 661 g/mol. The zero-order valence-electron chi connectivity index (χ0n) is 30.6. The van der Waals surface area contributed by atoms with Crippen LogP contribution in [0, 0.1) is 65.1 Å². The van der Waals surface area contributed by atoms with Gasteiger partial charge in [0.15, 0.2) is 0 Å². The van der Waals surface area contributed by atoms with Gasteiger partial charge >= 0.3 is 0 Å². The van der Waals surface area contributed by atoms with Crippen molar-refractivity contribution in [3.63, 3.8) is 0 Å². The minimum absolute atomic E-state index is 0.395. The smallest absolute Gasteiger partial charge is 0.0891 e. The van der Waals surface area contributed by atoms with E-state index in [1.165, 1.54) is 154 Å². The molecular formula is C44H72N2O2. The molecule has 0 radical (unpaired) electrons. The van der Waals surface area contributed by atoms with E-state index in [9.17, 15) is 0 Å². The van der Waals surface area contributed by atoms with Crippen LogP contribution < -0.4 is 10.6 Å². The summed E-state index contributed by atoms with van der Waals surface area (Å²) in [5, 5.41) is 8.82. The lowest BCUT2D eigenvalue weighted by Gasteiger charge is -2.51. The van der Waals surface area contributed by atoms with E-state index in [0.29, 0.717) is 48.6 Å². The molecule has 10 rings (SSSR count). The van der Waals surface area contributed by atoms with Crippen LogP contribution >= 0.6 is 0 Å². The lowest BCUT2D eigenvalue weighted by molar-refractivity contribution is -0.0898. The van der Waals surface area contributed by atoms with Gasteiger partial charge in [-0.25, -0.2) is 0 Å². The molecule has 3 aliphatic heterocycles. The number of rotatable bonds is 4. The maximum atomic E-state index is 7.41. The summed E-state index contributed by atoms with van der Waals surface area (Å²) in [5.41, 5.74) is 0. The molecule has 7 saturated carbocycles. The van der Waals surface area contributed by atoms with E-state index in [4.69, 9.17) is 9.47 Å². The Bertz CT molecular complexity index is 1090. The molecular weight excluding hydrogens is 588 g/mol. The summed E-state index contributed by atoms with van der Waals surface area (Å²) in [6.45, 7) is 0. The molecule has 48 heavy (non-hydrogen) atoms. The first-order chi connectivity index (χ1) is 23.8. The van der Waals surface area contributed by atoms with Crippen molar-refractivity contribution in [3.05, 3.63) is 0 Å². The van der Waals surface area contributed by atoms with Gasteiger partial charge in [0.1, 0.15) is 0 Å². The fourth-order valence-electron chi connectivity index (χ4n) is 15.7. The number of ether oxygens (including phenoxy) is 2. The Labute approximate surface area is 294 Å². The highest BCUT2D eigenvalue weighted by molar-refractivity contribution is 5.10. The van der Waals surface area contributed by atoms with Gasteiger partial charge in [0.05, 0.1) is 30.6 Å². The lowest BCUT2D eigenvalue weighted by Crippen LogP contribution is -2.70. The Morgan fingerprint density at radius 3 is 1.79 bits per heavy atom. The van der Waals surface area contributed by atoms with Crippen molar-refractivity contribution in [1.82, 2.24) is 10.6 Å². The molecule has 0 amide bonds. The molecule has 2 N–H and O–H groups in total. The van der Waals surface area contributed by atoms with Crippen molar-refractivity contribution in [1.29, 1.82) is 0 Å². The van der Waals surface area contributed by atoms with Crippen molar-refractivity contribution in [2.24, 2.45) is 65.1 Å². The lowest BCUT2D eigenvalue weighted by atomic mass is 9.54. The van der Waals surface area contributed by atoms with Crippen LogP contribution in [0.25, 0.3) is 0 Å². The molecule has 16 unspecified atom stereocenters. The molecule has 0 spiro atoms. The van der Waals surface area contributed by atoms with Gasteiger partial charge in [-0.3, -0.25) is 10.6 Å². The van der Waals surface area contributed by atoms with Crippen LogP contribution in [0.3, 0.4) is 0 Å². The van der Waals surface area contributed by atoms with Crippen LogP contribution in [0.4, 0.5) is 0 Å². The molecule has 270 valence electrons. The molecule has 0 aromatic rings. The van der Waals surface area contributed by atoms with Crippen molar-refractivity contribution >= 4 is 0 Å². The normalized spacial score (nSPS) is 53.2. The summed E-state index contributed by atoms with van der Waals surface area (Å²) in [6.07, 6.45) is 40.6. The van der Waals surface area contributed by atoms with Gasteiger partial charge < -0.3 is 9.47 Å². The van der Waals surface area contributed by atoms with E-state index >= 15 is 0 Å². The quantitative estimate of drug-likeness (QED) is 0.315. The first-order valence-corrected chi connectivity index (χ1v) is 22.6. The maximum absolute atomic E-state index is 7.41. The summed E-state index contributed by atoms with van der Waals surface area (Å²) >= 11 is 0. The number of nitrogens with one attached hydrogen (secondary N) is 2. The summed E-state index contributed by atoms with van der Waals surface area (Å²) in [6, 6.07) is 1.13. The zero-order valence-corrected chi connectivity index (χ0v) is 30.6. The van der Waals surface area contributed by atoms with Gasteiger partial charge in [-0.15, -0.1) is 0 Å². The zero-order chi connectivity index (χ0) is 31.6. The minimum atomic E-state index is 0.395. The topological polar surface area (TPSA) is 42.5 Å². The Balaban J connectivity index is 0.863. The van der Waals surface area contributed by atoms with Gasteiger partial charge in [0.25, 0.3) is 0 Å². The van der Waals surface area contributed by atoms with Crippen LogP contribution in [0.1, 0.15) is 167 Å². The molecule has 16 atom stereocenters. The molecule has 10 aliphatic rings. The molecule has 3 saturated heterocycles. The Kier molecular flexibility index (Phi) is 9.48. The van der Waals surface area contributed by atoms with E-state index < -0.39 is 0 Å². The van der Waals surface area contributed by atoms with Crippen LogP contribution in [-0.4, -0.2) is 42.7 Å². The van der Waals surface area contributed by atoms with Crippen LogP contribution in [-0.2, 0) is 9.47 Å². The highest BCUT2D eigenvalue weighted by Gasteiger charge is 2.59. The van der Waals surface area contributed by atoms with Crippen molar-refractivity contribution in [3.8, 4) is 0 Å². The second-order valence-electron chi connectivity index (χ2n) is 20.0. The molecule has 7 aliphatic carbocycles. The number of hydrogen-bond acceptors (Lipinski definition) is 4. The van der Waals surface area contributed by atoms with Crippen LogP contribution in [0.15, 0.2) is 0 Å². The highest BCUT2D eigenvalue weighted by atomic mass is 16.5. The second kappa shape index (κ2) is 14.0. The first-order valence-electron chi connectivity index (χ1n) is 22.6. The van der Waals surface area contributed by atoms with E-state index in [2.05, 4.69) is 10.6 Å². The summed E-state index contributed by atoms with van der Waals surface area (Å²) in [4.78, 5) is 0. The molecule has 4 nitrogen and oxygen atoms in total. The third-order valence-electron chi connectivity index (χ3n) is 17.9. The third-order valence-corrected chi connectivity index (χ3v) is 17.9. The van der Waals surface area contributed by atoms with Crippen molar-refractivity contribution < 1.29 is 9.47 Å². The largest absolute Gasteiger partial charge is 0.374 e. The average Bonchev–Trinajstić information content (AvgIpc) is 3.73.